The molecule has 0 aromatic heterocycles. The van der Waals surface area contributed by atoms with E-state index < -0.39 is 58.6 Å². The van der Waals surface area contributed by atoms with Crippen LogP contribution in [0.4, 0.5) is 13.2 Å². The zero-order valence-electron chi connectivity index (χ0n) is 28.0. The number of halogens is 3. The minimum absolute atomic E-state index is 0.0222. The summed E-state index contributed by atoms with van der Waals surface area (Å²) in [6.45, 7) is 6.95. The SMILES string of the molecule is CCC(CC)(NC(=O)C(C)C)C(=O)N[C@H](CCCNC(=N)F)C(=O)NC1(C(=O)NC(c2ccc(F)cc2)c2ccc(F)cc2)CCCC1. The Labute approximate surface area is 279 Å². The van der Waals surface area contributed by atoms with Crippen LogP contribution in [-0.4, -0.2) is 53.4 Å². The lowest BCUT2D eigenvalue weighted by Crippen LogP contribution is -2.64. The van der Waals surface area contributed by atoms with Crippen molar-refractivity contribution in [1.82, 2.24) is 26.6 Å². The molecule has 48 heavy (non-hydrogen) atoms. The Balaban J connectivity index is 1.90. The largest absolute Gasteiger partial charge is 0.347 e. The molecule has 0 saturated heterocycles. The summed E-state index contributed by atoms with van der Waals surface area (Å²) < 4.78 is 40.6. The average Bonchev–Trinajstić information content (AvgIpc) is 3.54. The van der Waals surface area contributed by atoms with Gasteiger partial charge in [-0.25, -0.2) is 8.78 Å². The molecule has 0 unspecified atom stereocenters. The number of benzene rings is 2. The molecular weight excluding hydrogens is 625 g/mol. The van der Waals surface area contributed by atoms with Gasteiger partial charge < -0.3 is 26.6 Å². The molecular formula is C35H47F3N6O4. The van der Waals surface area contributed by atoms with Crippen LogP contribution in [0, 0.1) is 23.0 Å². The van der Waals surface area contributed by atoms with Crippen LogP contribution in [0.25, 0.3) is 0 Å². The van der Waals surface area contributed by atoms with E-state index in [4.69, 9.17) is 5.41 Å². The summed E-state index contributed by atoms with van der Waals surface area (Å²) in [6.07, 6.45) is 1.42. The number of amidine groups is 1. The first-order chi connectivity index (χ1) is 22.8. The number of rotatable bonds is 16. The van der Waals surface area contributed by atoms with E-state index in [1.54, 1.807) is 27.7 Å². The zero-order valence-corrected chi connectivity index (χ0v) is 28.0. The second-order valence-electron chi connectivity index (χ2n) is 12.6. The molecule has 1 aliphatic carbocycles. The van der Waals surface area contributed by atoms with Crippen molar-refractivity contribution in [1.29, 1.82) is 5.41 Å². The Bertz CT molecular complexity index is 1380. The molecule has 13 heteroatoms. The van der Waals surface area contributed by atoms with Crippen molar-refractivity contribution in [3.63, 3.8) is 0 Å². The van der Waals surface area contributed by atoms with E-state index in [-0.39, 0.29) is 44.1 Å². The summed E-state index contributed by atoms with van der Waals surface area (Å²) in [5, 5.41) is 20.7. The molecule has 4 amide bonds. The topological polar surface area (TPSA) is 152 Å². The van der Waals surface area contributed by atoms with Crippen molar-refractivity contribution in [2.45, 2.75) is 102 Å². The van der Waals surface area contributed by atoms with Crippen molar-refractivity contribution in [3.8, 4) is 0 Å². The zero-order chi connectivity index (χ0) is 35.5. The highest BCUT2D eigenvalue weighted by molar-refractivity contribution is 5.97. The molecule has 1 atom stereocenters. The Morgan fingerprint density at radius 3 is 1.83 bits per heavy atom. The third-order valence-corrected chi connectivity index (χ3v) is 9.04. The van der Waals surface area contributed by atoms with Crippen LogP contribution < -0.4 is 26.6 Å². The third kappa shape index (κ3) is 9.80. The second-order valence-corrected chi connectivity index (χ2v) is 12.6. The van der Waals surface area contributed by atoms with Crippen LogP contribution in [0.1, 0.15) is 96.2 Å². The van der Waals surface area contributed by atoms with Gasteiger partial charge in [0.05, 0.1) is 6.04 Å². The lowest BCUT2D eigenvalue weighted by Gasteiger charge is -2.36. The van der Waals surface area contributed by atoms with Crippen LogP contribution in [0.2, 0.25) is 0 Å². The number of carbonyl (C=O) groups is 4. The minimum Gasteiger partial charge on any atom is -0.347 e. The summed E-state index contributed by atoms with van der Waals surface area (Å²) in [6, 6.07) is 9.17. The van der Waals surface area contributed by atoms with E-state index in [1.165, 1.54) is 48.5 Å². The molecule has 1 fully saturated rings. The molecule has 1 saturated carbocycles. The number of nitrogens with one attached hydrogen (secondary N) is 6. The van der Waals surface area contributed by atoms with Crippen molar-refractivity contribution >= 4 is 29.7 Å². The fourth-order valence-electron chi connectivity index (χ4n) is 5.90. The number of hydrogen-bond donors (Lipinski definition) is 6. The highest BCUT2D eigenvalue weighted by atomic mass is 19.1. The molecule has 1 aliphatic rings. The maximum atomic E-state index is 14.1. The van der Waals surface area contributed by atoms with Crippen LogP contribution in [0.3, 0.4) is 0 Å². The lowest BCUT2D eigenvalue weighted by molar-refractivity contribution is -0.139. The molecule has 0 bridgehead atoms. The third-order valence-electron chi connectivity index (χ3n) is 9.04. The first-order valence-corrected chi connectivity index (χ1v) is 16.5. The molecule has 0 heterocycles. The smallest absolute Gasteiger partial charge is 0.275 e. The molecule has 6 N–H and O–H groups in total. The van der Waals surface area contributed by atoms with Crippen molar-refractivity contribution in [2.24, 2.45) is 5.92 Å². The second kappa shape index (κ2) is 17.1. The number of carbonyl (C=O) groups excluding carboxylic acids is 4. The van der Waals surface area contributed by atoms with Gasteiger partial charge >= 0.3 is 0 Å². The van der Waals surface area contributed by atoms with E-state index in [1.807, 2.05) is 0 Å². The van der Waals surface area contributed by atoms with Gasteiger partial charge in [0, 0.05) is 12.5 Å². The fraction of sp³-hybridized carbons (Fsp3) is 0.514. The van der Waals surface area contributed by atoms with Gasteiger partial charge in [0.2, 0.25) is 23.6 Å². The average molecular weight is 673 g/mol. The Kier molecular flexibility index (Phi) is 13.6. The normalized spacial score (nSPS) is 14.7. The van der Waals surface area contributed by atoms with Gasteiger partial charge in [0.25, 0.3) is 6.09 Å². The van der Waals surface area contributed by atoms with E-state index in [2.05, 4.69) is 26.6 Å². The molecule has 2 aromatic rings. The van der Waals surface area contributed by atoms with Crippen molar-refractivity contribution in [3.05, 3.63) is 71.3 Å². The summed E-state index contributed by atoms with van der Waals surface area (Å²) in [4.78, 5) is 54.5. The Morgan fingerprint density at radius 1 is 0.854 bits per heavy atom. The van der Waals surface area contributed by atoms with Crippen LogP contribution in [0.5, 0.6) is 0 Å². The van der Waals surface area contributed by atoms with Gasteiger partial charge in [-0.15, -0.1) is 0 Å². The van der Waals surface area contributed by atoms with E-state index in [9.17, 15) is 32.3 Å². The quantitative estimate of drug-likeness (QED) is 0.0662. The highest BCUT2D eigenvalue weighted by Gasteiger charge is 2.45. The van der Waals surface area contributed by atoms with Gasteiger partial charge in [0.1, 0.15) is 28.8 Å². The first-order valence-electron chi connectivity index (χ1n) is 16.5. The molecule has 0 spiro atoms. The van der Waals surface area contributed by atoms with Crippen LogP contribution in [0.15, 0.2) is 48.5 Å². The predicted molar refractivity (Wildman–Crippen MR) is 176 cm³/mol. The van der Waals surface area contributed by atoms with E-state index >= 15 is 0 Å². The van der Waals surface area contributed by atoms with Crippen LogP contribution >= 0.6 is 0 Å². The molecule has 2 aromatic carbocycles. The first kappa shape index (κ1) is 38.0. The lowest BCUT2D eigenvalue weighted by atomic mass is 9.89. The van der Waals surface area contributed by atoms with Crippen LogP contribution in [-0.2, 0) is 19.2 Å². The number of amides is 4. The predicted octanol–water partition coefficient (Wildman–Crippen LogP) is 4.69. The summed E-state index contributed by atoms with van der Waals surface area (Å²) >= 11 is 0. The molecule has 262 valence electrons. The summed E-state index contributed by atoms with van der Waals surface area (Å²) in [5.41, 5.74) is -1.55. The van der Waals surface area contributed by atoms with Gasteiger partial charge in [-0.1, -0.05) is 64.8 Å². The van der Waals surface area contributed by atoms with Crippen molar-refractivity contribution in [2.75, 3.05) is 6.54 Å². The van der Waals surface area contributed by atoms with Gasteiger partial charge in [-0.05, 0) is 73.9 Å². The molecule has 0 aliphatic heterocycles. The monoisotopic (exact) mass is 672 g/mol. The van der Waals surface area contributed by atoms with Gasteiger partial charge in [-0.3, -0.25) is 24.6 Å². The molecule has 0 radical (unpaired) electrons. The highest BCUT2D eigenvalue weighted by Crippen LogP contribution is 2.32. The Morgan fingerprint density at radius 2 is 1.38 bits per heavy atom. The molecule has 10 nitrogen and oxygen atoms in total. The molecule has 3 rings (SSSR count). The maximum absolute atomic E-state index is 14.1. The van der Waals surface area contributed by atoms with Gasteiger partial charge in [-0.2, -0.15) is 4.39 Å². The maximum Gasteiger partial charge on any atom is 0.275 e. The standard InChI is InChI=1S/C35H47F3N6O4/c1-5-34(6-2,43-29(45)22(3)4)31(47)41-27(10-9-21-40-33(38)39)30(46)44-35(19-7-8-20-35)32(48)42-28(23-11-15-25(36)16-12-23)24-13-17-26(37)18-14-24/h11-18,22,27-28H,5-10,19-21H2,1-4H3,(H2,39,40)(H,41,47)(H,42,48)(H,43,45)(H,44,46)/t27-/m1/s1. The summed E-state index contributed by atoms with van der Waals surface area (Å²) in [7, 11) is 0. The van der Waals surface area contributed by atoms with Gasteiger partial charge in [0.15, 0.2) is 0 Å². The fourth-order valence-corrected chi connectivity index (χ4v) is 5.90. The summed E-state index contributed by atoms with van der Waals surface area (Å²) in [5.74, 6) is -3.33. The van der Waals surface area contributed by atoms with Crippen molar-refractivity contribution < 1.29 is 32.3 Å². The minimum atomic E-state index is -1.35. The number of hydrogen-bond acceptors (Lipinski definition) is 5. The Hall–Kier alpha value is -4.42. The van der Waals surface area contributed by atoms with E-state index in [0.29, 0.717) is 36.8 Å². The van der Waals surface area contributed by atoms with E-state index in [0.717, 1.165) is 0 Å².